The number of hydrogen-bond acceptors (Lipinski definition) is 3. The van der Waals surface area contributed by atoms with Gasteiger partial charge in [0.05, 0.1) is 24.4 Å². The molecule has 1 heterocycles. The number of carbonyl (C=O) groups is 1. The van der Waals surface area contributed by atoms with E-state index in [4.69, 9.17) is 0 Å². The summed E-state index contributed by atoms with van der Waals surface area (Å²) in [6, 6.07) is 19.4. The second-order valence-corrected chi connectivity index (χ2v) is 5.88. The summed E-state index contributed by atoms with van der Waals surface area (Å²) in [5, 5.41) is 17.2. The molecule has 0 bridgehead atoms. The number of amides is 1. The lowest BCUT2D eigenvalue weighted by Gasteiger charge is -2.11. The highest BCUT2D eigenvalue weighted by Crippen LogP contribution is 2.15. The lowest BCUT2D eigenvalue weighted by molar-refractivity contribution is 0.0942. The molecule has 1 unspecified atom stereocenters. The lowest BCUT2D eigenvalue weighted by Crippen LogP contribution is -2.25. The molecule has 0 saturated carbocycles. The van der Waals surface area contributed by atoms with Crippen molar-refractivity contribution in [2.75, 3.05) is 6.54 Å². The van der Waals surface area contributed by atoms with E-state index in [2.05, 4.69) is 10.4 Å². The molecule has 2 aromatic carbocycles. The third-order valence-corrected chi connectivity index (χ3v) is 3.97. The smallest absolute Gasteiger partial charge is 0.254 e. The summed E-state index contributed by atoms with van der Waals surface area (Å²) < 4.78 is 1.74. The van der Waals surface area contributed by atoms with Crippen molar-refractivity contribution in [3.05, 3.63) is 89.7 Å². The number of aromatic nitrogens is 2. The van der Waals surface area contributed by atoms with Crippen LogP contribution < -0.4 is 5.32 Å². The van der Waals surface area contributed by atoms with Crippen molar-refractivity contribution >= 4 is 5.91 Å². The Morgan fingerprint density at radius 2 is 1.76 bits per heavy atom. The average molecular weight is 335 g/mol. The van der Waals surface area contributed by atoms with Crippen LogP contribution in [0.1, 0.15) is 34.0 Å². The van der Waals surface area contributed by atoms with Gasteiger partial charge in [0.15, 0.2) is 0 Å². The third-order valence-electron chi connectivity index (χ3n) is 3.97. The molecule has 1 amide bonds. The predicted molar refractivity (Wildman–Crippen MR) is 96.1 cm³/mol. The Kier molecular flexibility index (Phi) is 5.59. The van der Waals surface area contributed by atoms with Gasteiger partial charge in [-0.1, -0.05) is 60.7 Å². The zero-order valence-corrected chi connectivity index (χ0v) is 13.9. The summed E-state index contributed by atoms with van der Waals surface area (Å²) in [5.41, 5.74) is 2.50. The third kappa shape index (κ3) is 4.78. The van der Waals surface area contributed by atoms with Gasteiger partial charge in [-0.3, -0.25) is 9.48 Å². The standard InChI is InChI=1S/C20H21N3O2/c24-19(17-9-5-2-6-10-17)11-12-21-20(25)18-13-22-23(15-18)14-16-7-3-1-4-8-16/h1-10,13,15,19,24H,11-12,14H2,(H,21,25). The van der Waals surface area contributed by atoms with Crippen molar-refractivity contribution in [3.8, 4) is 0 Å². The van der Waals surface area contributed by atoms with Crippen LogP contribution in [0.25, 0.3) is 0 Å². The van der Waals surface area contributed by atoms with Gasteiger partial charge in [-0.2, -0.15) is 5.10 Å². The van der Waals surface area contributed by atoms with E-state index in [1.165, 1.54) is 0 Å². The second kappa shape index (κ2) is 8.26. The van der Waals surface area contributed by atoms with Crippen LogP contribution in [-0.2, 0) is 6.54 Å². The average Bonchev–Trinajstić information content (AvgIpc) is 3.12. The van der Waals surface area contributed by atoms with Crippen molar-refractivity contribution < 1.29 is 9.90 Å². The Bertz CT molecular complexity index is 800. The van der Waals surface area contributed by atoms with E-state index >= 15 is 0 Å². The highest BCUT2D eigenvalue weighted by molar-refractivity contribution is 5.93. The molecule has 0 aliphatic rings. The fourth-order valence-electron chi connectivity index (χ4n) is 2.60. The number of aliphatic hydroxyl groups is 1. The monoisotopic (exact) mass is 335 g/mol. The molecular weight excluding hydrogens is 314 g/mol. The van der Waals surface area contributed by atoms with Crippen molar-refractivity contribution in [1.82, 2.24) is 15.1 Å². The van der Waals surface area contributed by atoms with E-state index in [9.17, 15) is 9.90 Å². The minimum atomic E-state index is -0.581. The maximum Gasteiger partial charge on any atom is 0.254 e. The fourth-order valence-corrected chi connectivity index (χ4v) is 2.60. The van der Waals surface area contributed by atoms with E-state index in [1.807, 2.05) is 60.7 Å². The maximum atomic E-state index is 12.2. The Morgan fingerprint density at radius 1 is 1.08 bits per heavy atom. The minimum Gasteiger partial charge on any atom is -0.388 e. The maximum absolute atomic E-state index is 12.2. The number of benzene rings is 2. The summed E-state index contributed by atoms with van der Waals surface area (Å²) in [7, 11) is 0. The first-order valence-electron chi connectivity index (χ1n) is 8.30. The number of rotatable bonds is 7. The number of aliphatic hydroxyl groups excluding tert-OH is 1. The van der Waals surface area contributed by atoms with Crippen LogP contribution in [0.5, 0.6) is 0 Å². The quantitative estimate of drug-likeness (QED) is 0.698. The summed E-state index contributed by atoms with van der Waals surface area (Å²) in [6.07, 6.45) is 3.18. The van der Waals surface area contributed by atoms with Crippen molar-refractivity contribution in [3.63, 3.8) is 0 Å². The van der Waals surface area contributed by atoms with Crippen molar-refractivity contribution in [2.24, 2.45) is 0 Å². The zero-order valence-electron chi connectivity index (χ0n) is 13.9. The number of hydrogen-bond donors (Lipinski definition) is 2. The lowest BCUT2D eigenvalue weighted by atomic mass is 10.1. The zero-order chi connectivity index (χ0) is 17.5. The van der Waals surface area contributed by atoms with Crippen LogP contribution in [0.2, 0.25) is 0 Å². The number of carbonyl (C=O) groups excluding carboxylic acids is 1. The van der Waals surface area contributed by atoms with Gasteiger partial charge in [-0.15, -0.1) is 0 Å². The van der Waals surface area contributed by atoms with Gasteiger partial charge < -0.3 is 10.4 Å². The molecule has 0 radical (unpaired) electrons. The first-order valence-corrected chi connectivity index (χ1v) is 8.30. The summed E-state index contributed by atoms with van der Waals surface area (Å²) in [6.45, 7) is 1.03. The van der Waals surface area contributed by atoms with E-state index in [1.54, 1.807) is 17.1 Å². The first-order chi connectivity index (χ1) is 12.2. The molecule has 3 rings (SSSR count). The normalized spacial score (nSPS) is 11.9. The Balaban J connectivity index is 1.49. The molecule has 0 spiro atoms. The number of nitrogens with one attached hydrogen (secondary N) is 1. The topological polar surface area (TPSA) is 67.2 Å². The summed E-state index contributed by atoms with van der Waals surface area (Å²) >= 11 is 0. The molecule has 128 valence electrons. The molecule has 2 N–H and O–H groups in total. The molecule has 5 nitrogen and oxygen atoms in total. The molecule has 0 fully saturated rings. The Morgan fingerprint density at radius 3 is 2.48 bits per heavy atom. The fraction of sp³-hybridized carbons (Fsp3) is 0.200. The van der Waals surface area contributed by atoms with Crippen LogP contribution in [0, 0.1) is 0 Å². The van der Waals surface area contributed by atoms with Gasteiger partial charge in [0.25, 0.3) is 5.91 Å². The van der Waals surface area contributed by atoms with Gasteiger partial charge in [0.1, 0.15) is 0 Å². The van der Waals surface area contributed by atoms with E-state index in [-0.39, 0.29) is 5.91 Å². The van der Waals surface area contributed by atoms with E-state index < -0.39 is 6.10 Å². The van der Waals surface area contributed by atoms with E-state index in [0.717, 1.165) is 11.1 Å². The van der Waals surface area contributed by atoms with Crippen LogP contribution in [0.3, 0.4) is 0 Å². The second-order valence-electron chi connectivity index (χ2n) is 5.88. The van der Waals surface area contributed by atoms with Crippen LogP contribution in [0.15, 0.2) is 73.1 Å². The van der Waals surface area contributed by atoms with Gasteiger partial charge in [0.2, 0.25) is 0 Å². The predicted octanol–water partition coefficient (Wildman–Crippen LogP) is 2.78. The highest BCUT2D eigenvalue weighted by atomic mass is 16.3. The van der Waals surface area contributed by atoms with E-state index in [0.29, 0.717) is 25.1 Å². The SMILES string of the molecule is O=C(NCCC(O)c1ccccc1)c1cnn(Cc2ccccc2)c1. The molecule has 25 heavy (non-hydrogen) atoms. The van der Waals surface area contributed by atoms with Gasteiger partial charge in [-0.25, -0.2) is 0 Å². The molecule has 0 saturated heterocycles. The molecule has 3 aromatic rings. The highest BCUT2D eigenvalue weighted by Gasteiger charge is 2.11. The molecule has 0 aliphatic carbocycles. The number of nitrogens with zero attached hydrogens (tertiary/aromatic N) is 2. The van der Waals surface area contributed by atoms with Crippen molar-refractivity contribution in [1.29, 1.82) is 0 Å². The van der Waals surface area contributed by atoms with Crippen molar-refractivity contribution in [2.45, 2.75) is 19.1 Å². The summed E-state index contributed by atoms with van der Waals surface area (Å²) in [5.74, 6) is -0.181. The van der Waals surface area contributed by atoms with Crippen LogP contribution in [0.4, 0.5) is 0 Å². The molecule has 0 aliphatic heterocycles. The van der Waals surface area contributed by atoms with Gasteiger partial charge in [0, 0.05) is 12.7 Å². The van der Waals surface area contributed by atoms with Crippen LogP contribution >= 0.6 is 0 Å². The molecule has 1 aromatic heterocycles. The Labute approximate surface area is 146 Å². The molecule has 1 atom stereocenters. The summed E-state index contributed by atoms with van der Waals surface area (Å²) in [4.78, 5) is 12.2. The largest absolute Gasteiger partial charge is 0.388 e. The van der Waals surface area contributed by atoms with Crippen LogP contribution in [-0.4, -0.2) is 27.3 Å². The Hall–Kier alpha value is -2.92. The molecular formula is C20H21N3O2. The minimum absolute atomic E-state index is 0.181. The van der Waals surface area contributed by atoms with Gasteiger partial charge >= 0.3 is 0 Å². The van der Waals surface area contributed by atoms with Gasteiger partial charge in [-0.05, 0) is 17.5 Å². The first kappa shape index (κ1) is 16.9. The molecule has 5 heteroatoms.